The van der Waals surface area contributed by atoms with Crippen LogP contribution in [0.1, 0.15) is 18.0 Å². The Hall–Kier alpha value is -0.970. The van der Waals surface area contributed by atoms with Crippen LogP contribution in [0.4, 0.5) is 4.39 Å². The van der Waals surface area contributed by atoms with Gasteiger partial charge >= 0.3 is 0 Å². The molecule has 0 spiro atoms. The van der Waals surface area contributed by atoms with Gasteiger partial charge in [-0.25, -0.2) is 4.39 Å². The van der Waals surface area contributed by atoms with Gasteiger partial charge in [-0.3, -0.25) is 4.90 Å². The van der Waals surface area contributed by atoms with Gasteiger partial charge in [0, 0.05) is 25.7 Å². The third-order valence-electron chi connectivity index (χ3n) is 3.29. The molecule has 1 aromatic rings. The topological polar surface area (TPSA) is 35.5 Å². The third-order valence-corrected chi connectivity index (χ3v) is 3.29. The summed E-state index contributed by atoms with van der Waals surface area (Å²) in [6.45, 7) is 2.43. The number of hydrogen-bond acceptors (Lipinski definition) is 3. The van der Waals surface area contributed by atoms with Gasteiger partial charge in [-0.1, -0.05) is 12.1 Å². The number of nitrogens with one attached hydrogen (secondary N) is 1. The van der Waals surface area contributed by atoms with Crippen LogP contribution in [-0.4, -0.2) is 42.8 Å². The van der Waals surface area contributed by atoms with Crippen LogP contribution < -0.4 is 5.32 Å². The number of likely N-dealkylation sites (tertiary alicyclic amines) is 1. The molecule has 1 aromatic carbocycles. The number of rotatable bonds is 4. The summed E-state index contributed by atoms with van der Waals surface area (Å²) in [5.41, 5.74) is 0.953. The van der Waals surface area contributed by atoms with E-state index in [9.17, 15) is 9.50 Å². The lowest BCUT2D eigenvalue weighted by molar-refractivity contribution is 0.173. The van der Waals surface area contributed by atoms with Crippen LogP contribution in [-0.2, 0) is 0 Å². The number of aliphatic hydroxyl groups is 1. The zero-order valence-electron chi connectivity index (χ0n) is 10.1. The Morgan fingerprint density at radius 3 is 3.00 bits per heavy atom. The van der Waals surface area contributed by atoms with E-state index in [2.05, 4.69) is 10.2 Å². The van der Waals surface area contributed by atoms with Crippen LogP contribution in [0, 0.1) is 5.82 Å². The van der Waals surface area contributed by atoms with Gasteiger partial charge in [0.25, 0.3) is 0 Å². The Kier molecular flexibility index (Phi) is 4.10. The van der Waals surface area contributed by atoms with Crippen molar-refractivity contribution < 1.29 is 9.50 Å². The molecule has 0 aliphatic carbocycles. The lowest BCUT2D eigenvalue weighted by atomic mass is 10.1. The monoisotopic (exact) mass is 238 g/mol. The molecule has 1 fully saturated rings. The number of halogens is 1. The summed E-state index contributed by atoms with van der Waals surface area (Å²) in [6.07, 6.45) is 0.625. The molecule has 1 aliphatic rings. The molecule has 0 bridgehead atoms. The molecule has 2 N–H and O–H groups in total. The highest BCUT2D eigenvalue weighted by Crippen LogP contribution is 2.18. The Morgan fingerprint density at radius 2 is 2.41 bits per heavy atom. The molecule has 2 atom stereocenters. The second kappa shape index (κ2) is 5.58. The van der Waals surface area contributed by atoms with E-state index in [-0.39, 0.29) is 18.0 Å². The fourth-order valence-electron chi connectivity index (χ4n) is 2.32. The largest absolute Gasteiger partial charge is 0.392 e. The van der Waals surface area contributed by atoms with E-state index >= 15 is 0 Å². The minimum Gasteiger partial charge on any atom is -0.392 e. The van der Waals surface area contributed by atoms with Crippen molar-refractivity contribution in [2.45, 2.75) is 18.6 Å². The normalized spacial score (nSPS) is 22.9. The second-order valence-corrected chi connectivity index (χ2v) is 4.60. The molecule has 0 aromatic heterocycles. The second-order valence-electron chi connectivity index (χ2n) is 4.60. The number of β-amino-alcohol motifs (C(OH)–C–C–N with tert-alkyl or cyclic N) is 1. The summed E-state index contributed by atoms with van der Waals surface area (Å²) in [6, 6.07) is 6.78. The van der Waals surface area contributed by atoms with E-state index in [1.165, 1.54) is 6.07 Å². The predicted molar refractivity (Wildman–Crippen MR) is 65.3 cm³/mol. The Bertz CT molecular complexity index is 372. The molecule has 0 unspecified atom stereocenters. The summed E-state index contributed by atoms with van der Waals surface area (Å²) >= 11 is 0. The number of benzene rings is 1. The SMILES string of the molecule is CN[C@H](CN1CC[C@H](O)C1)c1cccc(F)c1. The van der Waals surface area contributed by atoms with E-state index in [1.54, 1.807) is 12.1 Å². The Labute approximate surface area is 101 Å². The van der Waals surface area contributed by atoms with E-state index in [4.69, 9.17) is 0 Å². The lowest BCUT2D eigenvalue weighted by Crippen LogP contribution is -2.33. The number of hydrogen-bond donors (Lipinski definition) is 2. The van der Waals surface area contributed by atoms with Crippen LogP contribution >= 0.6 is 0 Å². The maximum absolute atomic E-state index is 13.2. The van der Waals surface area contributed by atoms with E-state index < -0.39 is 0 Å². The van der Waals surface area contributed by atoms with Gasteiger partial charge in [0.05, 0.1) is 6.10 Å². The van der Waals surface area contributed by atoms with Gasteiger partial charge in [0.15, 0.2) is 0 Å². The molecule has 0 radical (unpaired) electrons. The van der Waals surface area contributed by atoms with E-state index in [1.807, 2.05) is 13.1 Å². The molecule has 0 amide bonds. The summed E-state index contributed by atoms with van der Waals surface area (Å²) in [4.78, 5) is 2.21. The van der Waals surface area contributed by atoms with E-state index in [0.717, 1.165) is 25.1 Å². The van der Waals surface area contributed by atoms with Crippen molar-refractivity contribution in [3.05, 3.63) is 35.6 Å². The van der Waals surface area contributed by atoms with Gasteiger partial charge in [0.2, 0.25) is 0 Å². The summed E-state index contributed by atoms with van der Waals surface area (Å²) in [7, 11) is 1.88. The molecule has 1 saturated heterocycles. The smallest absolute Gasteiger partial charge is 0.123 e. The van der Waals surface area contributed by atoms with Crippen molar-refractivity contribution in [3.63, 3.8) is 0 Å². The fraction of sp³-hybridized carbons (Fsp3) is 0.538. The molecular weight excluding hydrogens is 219 g/mol. The molecule has 17 heavy (non-hydrogen) atoms. The summed E-state index contributed by atoms with van der Waals surface area (Å²) < 4.78 is 13.2. The summed E-state index contributed by atoms with van der Waals surface area (Å²) in [5, 5.41) is 12.7. The standard InChI is InChI=1S/C13H19FN2O/c1-15-13(9-16-6-5-12(17)8-16)10-3-2-4-11(14)7-10/h2-4,7,12-13,15,17H,5-6,8-9H2,1H3/t12-,13+/m0/s1. The van der Waals surface area contributed by atoms with Crippen molar-refractivity contribution in [1.29, 1.82) is 0 Å². The van der Waals surface area contributed by atoms with Crippen LogP contribution in [0.25, 0.3) is 0 Å². The van der Waals surface area contributed by atoms with Crippen LogP contribution in [0.3, 0.4) is 0 Å². The Balaban J connectivity index is 2.01. The molecular formula is C13H19FN2O. The van der Waals surface area contributed by atoms with Crippen molar-refractivity contribution in [3.8, 4) is 0 Å². The van der Waals surface area contributed by atoms with Crippen LogP contribution in [0.15, 0.2) is 24.3 Å². The highest BCUT2D eigenvalue weighted by molar-refractivity contribution is 5.20. The zero-order valence-corrected chi connectivity index (χ0v) is 10.1. The first-order valence-corrected chi connectivity index (χ1v) is 6.02. The molecule has 2 rings (SSSR count). The lowest BCUT2D eigenvalue weighted by Gasteiger charge is -2.23. The van der Waals surface area contributed by atoms with Crippen molar-refractivity contribution in [2.75, 3.05) is 26.7 Å². The van der Waals surface area contributed by atoms with Crippen molar-refractivity contribution in [1.82, 2.24) is 10.2 Å². The molecule has 1 heterocycles. The van der Waals surface area contributed by atoms with Gasteiger partial charge in [-0.05, 0) is 31.2 Å². The highest BCUT2D eigenvalue weighted by Gasteiger charge is 2.23. The predicted octanol–water partition coefficient (Wildman–Crippen LogP) is 1.15. The quantitative estimate of drug-likeness (QED) is 0.826. The maximum Gasteiger partial charge on any atom is 0.123 e. The molecule has 94 valence electrons. The molecule has 0 saturated carbocycles. The average molecular weight is 238 g/mol. The minimum atomic E-state index is -0.208. The fourth-order valence-corrected chi connectivity index (χ4v) is 2.32. The van der Waals surface area contributed by atoms with E-state index in [0.29, 0.717) is 6.54 Å². The van der Waals surface area contributed by atoms with Crippen molar-refractivity contribution >= 4 is 0 Å². The first-order valence-electron chi connectivity index (χ1n) is 6.02. The molecule has 4 heteroatoms. The van der Waals surface area contributed by atoms with Gasteiger partial charge < -0.3 is 10.4 Å². The third kappa shape index (κ3) is 3.25. The van der Waals surface area contributed by atoms with Gasteiger partial charge in [0.1, 0.15) is 5.82 Å². The van der Waals surface area contributed by atoms with Crippen LogP contribution in [0.5, 0.6) is 0 Å². The van der Waals surface area contributed by atoms with Crippen molar-refractivity contribution in [2.24, 2.45) is 0 Å². The first-order chi connectivity index (χ1) is 8.19. The average Bonchev–Trinajstić information content (AvgIpc) is 2.72. The van der Waals surface area contributed by atoms with Gasteiger partial charge in [-0.15, -0.1) is 0 Å². The zero-order chi connectivity index (χ0) is 12.3. The molecule has 1 aliphatic heterocycles. The highest BCUT2D eigenvalue weighted by atomic mass is 19.1. The minimum absolute atomic E-state index is 0.107. The first kappa shape index (κ1) is 12.5. The summed E-state index contributed by atoms with van der Waals surface area (Å²) in [5.74, 6) is -0.204. The van der Waals surface area contributed by atoms with Gasteiger partial charge in [-0.2, -0.15) is 0 Å². The number of aliphatic hydroxyl groups excluding tert-OH is 1. The maximum atomic E-state index is 13.2. The number of nitrogens with zero attached hydrogens (tertiary/aromatic N) is 1. The number of likely N-dealkylation sites (N-methyl/N-ethyl adjacent to an activating group) is 1. The molecule has 3 nitrogen and oxygen atoms in total. The Morgan fingerprint density at radius 1 is 1.59 bits per heavy atom. The van der Waals surface area contributed by atoms with Crippen LogP contribution in [0.2, 0.25) is 0 Å².